The maximum absolute atomic E-state index is 12.3. The van der Waals surface area contributed by atoms with Crippen LogP contribution in [0.5, 0.6) is 5.75 Å². The largest absolute Gasteiger partial charge is 0.483 e. The quantitative estimate of drug-likeness (QED) is 0.526. The van der Waals surface area contributed by atoms with Crippen LogP contribution in [0.15, 0.2) is 78.9 Å². The highest BCUT2D eigenvalue weighted by atomic mass is 16.5. The van der Waals surface area contributed by atoms with Gasteiger partial charge in [0.1, 0.15) is 11.6 Å². The summed E-state index contributed by atoms with van der Waals surface area (Å²) in [5, 5.41) is 2.89. The molecule has 0 bridgehead atoms. The van der Waals surface area contributed by atoms with Crippen molar-refractivity contribution in [3.05, 3.63) is 95.8 Å². The van der Waals surface area contributed by atoms with E-state index in [0.29, 0.717) is 6.54 Å². The van der Waals surface area contributed by atoms with Crippen molar-refractivity contribution in [1.82, 2.24) is 14.9 Å². The molecule has 146 valence electrons. The van der Waals surface area contributed by atoms with Gasteiger partial charge >= 0.3 is 0 Å². The summed E-state index contributed by atoms with van der Waals surface area (Å²) in [5.41, 5.74) is 4.23. The van der Waals surface area contributed by atoms with Crippen LogP contribution >= 0.6 is 0 Å². The molecule has 5 nitrogen and oxygen atoms in total. The van der Waals surface area contributed by atoms with Crippen molar-refractivity contribution in [2.75, 3.05) is 6.61 Å². The first-order valence-corrected chi connectivity index (χ1v) is 9.62. The topological polar surface area (TPSA) is 56.2 Å². The highest BCUT2D eigenvalue weighted by Gasteiger charge is 2.10. The van der Waals surface area contributed by atoms with Crippen LogP contribution in [0.4, 0.5) is 0 Å². The molecule has 0 saturated heterocycles. The van der Waals surface area contributed by atoms with E-state index in [2.05, 4.69) is 22.4 Å². The summed E-state index contributed by atoms with van der Waals surface area (Å²) in [5.74, 6) is 1.37. The van der Waals surface area contributed by atoms with E-state index in [1.165, 1.54) is 5.56 Å². The predicted molar refractivity (Wildman–Crippen MR) is 114 cm³/mol. The lowest BCUT2D eigenvalue weighted by Crippen LogP contribution is -2.29. The van der Waals surface area contributed by atoms with Gasteiger partial charge in [-0.2, -0.15) is 0 Å². The van der Waals surface area contributed by atoms with Gasteiger partial charge in [0.25, 0.3) is 5.91 Å². The van der Waals surface area contributed by atoms with Crippen molar-refractivity contribution >= 4 is 16.9 Å². The Labute approximate surface area is 170 Å². The molecule has 0 fully saturated rings. The van der Waals surface area contributed by atoms with Crippen molar-refractivity contribution < 1.29 is 9.53 Å². The highest BCUT2D eigenvalue weighted by Crippen LogP contribution is 2.21. The molecule has 0 unspecified atom stereocenters. The summed E-state index contributed by atoms with van der Waals surface area (Å²) in [7, 11) is 1.95. The molecular weight excluding hydrogens is 362 g/mol. The van der Waals surface area contributed by atoms with Gasteiger partial charge in [0, 0.05) is 13.5 Å². The van der Waals surface area contributed by atoms with E-state index in [4.69, 9.17) is 4.74 Å². The Kier molecular flexibility index (Phi) is 5.56. The molecule has 5 heteroatoms. The lowest BCUT2D eigenvalue weighted by molar-refractivity contribution is -0.123. The molecule has 0 atom stereocenters. The molecule has 0 spiro atoms. The molecule has 1 N–H and O–H groups in total. The van der Waals surface area contributed by atoms with Crippen LogP contribution in [0.3, 0.4) is 0 Å². The second kappa shape index (κ2) is 8.61. The molecule has 4 rings (SSSR count). The number of aromatic nitrogens is 2. The highest BCUT2D eigenvalue weighted by molar-refractivity contribution is 5.78. The number of carbonyl (C=O) groups excluding carboxylic acids is 1. The normalized spacial score (nSPS) is 10.8. The lowest BCUT2D eigenvalue weighted by Gasteiger charge is -2.12. The smallest absolute Gasteiger partial charge is 0.258 e. The van der Waals surface area contributed by atoms with Gasteiger partial charge in [-0.3, -0.25) is 4.79 Å². The summed E-state index contributed by atoms with van der Waals surface area (Å²) < 4.78 is 7.80. The average Bonchev–Trinajstić information content (AvgIpc) is 3.08. The number of nitrogens with one attached hydrogen (secondary N) is 1. The third-order valence-electron chi connectivity index (χ3n) is 4.89. The molecule has 0 aliphatic heterocycles. The zero-order valence-corrected chi connectivity index (χ0v) is 16.3. The third-order valence-corrected chi connectivity index (χ3v) is 4.89. The molecular formula is C24H23N3O2. The van der Waals surface area contributed by atoms with Crippen LogP contribution in [0.2, 0.25) is 0 Å². The van der Waals surface area contributed by atoms with Gasteiger partial charge in [-0.1, -0.05) is 60.7 Å². The second-order valence-corrected chi connectivity index (χ2v) is 6.91. The molecule has 29 heavy (non-hydrogen) atoms. The first-order chi connectivity index (χ1) is 14.2. The second-order valence-electron chi connectivity index (χ2n) is 6.91. The number of imidazole rings is 1. The lowest BCUT2D eigenvalue weighted by atomic mass is 10.0. The van der Waals surface area contributed by atoms with Crippen LogP contribution < -0.4 is 10.1 Å². The first-order valence-electron chi connectivity index (χ1n) is 9.62. The summed E-state index contributed by atoms with van der Waals surface area (Å²) >= 11 is 0. The van der Waals surface area contributed by atoms with E-state index >= 15 is 0 Å². The fourth-order valence-electron chi connectivity index (χ4n) is 3.33. The summed E-state index contributed by atoms with van der Waals surface area (Å²) in [6.07, 6.45) is 0.762. The number of hydrogen-bond acceptors (Lipinski definition) is 3. The fraction of sp³-hybridized carbons (Fsp3) is 0.167. The molecule has 0 saturated carbocycles. The fourth-order valence-corrected chi connectivity index (χ4v) is 3.33. The number of para-hydroxylation sites is 3. The molecule has 0 radical (unpaired) electrons. The van der Waals surface area contributed by atoms with E-state index in [0.717, 1.165) is 34.6 Å². The SMILES string of the molecule is Cn1c(CNC(=O)COc2ccccc2Cc2ccccc2)nc2ccccc21. The van der Waals surface area contributed by atoms with E-state index in [1.54, 1.807) is 0 Å². The third kappa shape index (κ3) is 4.46. The maximum Gasteiger partial charge on any atom is 0.258 e. The number of fused-ring (bicyclic) bond motifs is 1. The van der Waals surface area contributed by atoms with Gasteiger partial charge in [-0.05, 0) is 29.3 Å². The van der Waals surface area contributed by atoms with E-state index in [-0.39, 0.29) is 12.5 Å². The van der Waals surface area contributed by atoms with Crippen LogP contribution in [0.1, 0.15) is 17.0 Å². The number of carbonyl (C=O) groups is 1. The number of amides is 1. The Bertz CT molecular complexity index is 1120. The predicted octanol–water partition coefficient (Wildman–Crippen LogP) is 3.86. The molecule has 3 aromatic carbocycles. The molecule has 0 aliphatic rings. The van der Waals surface area contributed by atoms with Crippen molar-refractivity contribution in [3.8, 4) is 5.75 Å². The molecule has 4 aromatic rings. The zero-order chi connectivity index (χ0) is 20.1. The summed E-state index contributed by atoms with van der Waals surface area (Å²) in [6.45, 7) is 0.328. The Balaban J connectivity index is 1.35. The van der Waals surface area contributed by atoms with Gasteiger partial charge in [0.15, 0.2) is 6.61 Å². The van der Waals surface area contributed by atoms with Gasteiger partial charge < -0.3 is 14.6 Å². The van der Waals surface area contributed by atoms with Crippen LogP contribution in [0, 0.1) is 0 Å². The van der Waals surface area contributed by atoms with Crippen LogP contribution in [-0.2, 0) is 24.8 Å². The minimum Gasteiger partial charge on any atom is -0.483 e. The Hall–Kier alpha value is -3.60. The average molecular weight is 385 g/mol. The number of nitrogens with zero attached hydrogens (tertiary/aromatic N) is 2. The van der Waals surface area contributed by atoms with Crippen LogP contribution in [-0.4, -0.2) is 22.1 Å². The van der Waals surface area contributed by atoms with Crippen molar-refractivity contribution in [2.24, 2.45) is 7.05 Å². The molecule has 1 aromatic heterocycles. The van der Waals surface area contributed by atoms with E-state index in [1.807, 2.05) is 78.3 Å². The monoisotopic (exact) mass is 385 g/mol. The van der Waals surface area contributed by atoms with Gasteiger partial charge in [-0.25, -0.2) is 4.98 Å². The molecule has 1 heterocycles. The van der Waals surface area contributed by atoms with Crippen LogP contribution in [0.25, 0.3) is 11.0 Å². The Morgan fingerprint density at radius 1 is 0.966 bits per heavy atom. The van der Waals surface area contributed by atoms with Gasteiger partial charge in [0.2, 0.25) is 0 Å². The van der Waals surface area contributed by atoms with Gasteiger partial charge in [-0.15, -0.1) is 0 Å². The minimum absolute atomic E-state index is 0.0320. The van der Waals surface area contributed by atoms with Crippen molar-refractivity contribution in [2.45, 2.75) is 13.0 Å². The molecule has 0 aliphatic carbocycles. The summed E-state index contributed by atoms with van der Waals surface area (Å²) in [6, 6.07) is 26.0. The Morgan fingerprint density at radius 2 is 1.69 bits per heavy atom. The number of benzene rings is 3. The van der Waals surface area contributed by atoms with E-state index in [9.17, 15) is 4.79 Å². The Morgan fingerprint density at radius 3 is 2.52 bits per heavy atom. The number of hydrogen-bond donors (Lipinski definition) is 1. The number of aryl methyl sites for hydroxylation is 1. The maximum atomic E-state index is 12.3. The molecule has 1 amide bonds. The first kappa shape index (κ1) is 18.7. The van der Waals surface area contributed by atoms with E-state index < -0.39 is 0 Å². The number of rotatable bonds is 7. The zero-order valence-electron chi connectivity index (χ0n) is 16.3. The van der Waals surface area contributed by atoms with Crippen molar-refractivity contribution in [3.63, 3.8) is 0 Å². The standard InChI is InChI=1S/C24H23N3O2/c1-27-21-13-7-6-12-20(21)26-23(27)16-25-24(28)17-29-22-14-8-5-11-19(22)15-18-9-3-2-4-10-18/h2-14H,15-17H2,1H3,(H,25,28). The summed E-state index contributed by atoms with van der Waals surface area (Å²) in [4.78, 5) is 16.9. The van der Waals surface area contributed by atoms with Gasteiger partial charge in [0.05, 0.1) is 17.6 Å². The minimum atomic E-state index is -0.174. The van der Waals surface area contributed by atoms with Crippen molar-refractivity contribution in [1.29, 1.82) is 0 Å². The number of ether oxygens (including phenoxy) is 1.